The molecule has 0 radical (unpaired) electrons. The maximum atomic E-state index is 13.5. The molecule has 152 valence electrons. The van der Waals surface area contributed by atoms with Crippen molar-refractivity contribution >= 4 is 5.91 Å². The van der Waals surface area contributed by atoms with Crippen LogP contribution in [0, 0.1) is 11.3 Å². The number of benzene rings is 2. The Hall–Kier alpha value is -2.68. The average molecular weight is 392 g/mol. The fourth-order valence-corrected chi connectivity index (χ4v) is 4.31. The van der Waals surface area contributed by atoms with Crippen molar-refractivity contribution in [1.82, 2.24) is 9.80 Å². The van der Waals surface area contributed by atoms with Crippen molar-refractivity contribution in [3.8, 4) is 6.07 Å². The number of methoxy groups -OCH3 is 1. The Labute approximate surface area is 173 Å². The van der Waals surface area contributed by atoms with Gasteiger partial charge in [0, 0.05) is 12.7 Å². The molecule has 3 atom stereocenters. The minimum atomic E-state index is -0.690. The van der Waals surface area contributed by atoms with Crippen molar-refractivity contribution in [2.24, 2.45) is 0 Å². The van der Waals surface area contributed by atoms with E-state index in [0.717, 1.165) is 37.1 Å². The van der Waals surface area contributed by atoms with Gasteiger partial charge in [-0.1, -0.05) is 56.3 Å². The minimum Gasteiger partial charge on any atom is -0.359 e. The number of hydrogen-bond donors (Lipinski definition) is 0. The van der Waals surface area contributed by atoms with Crippen LogP contribution >= 0.6 is 0 Å². The molecular formula is C24H29N3O2. The Morgan fingerprint density at radius 3 is 2.17 bits per heavy atom. The predicted molar refractivity (Wildman–Crippen MR) is 113 cm³/mol. The molecule has 0 N–H and O–H groups in total. The highest BCUT2D eigenvalue weighted by Crippen LogP contribution is 2.42. The Kier molecular flexibility index (Phi) is 7.03. The van der Waals surface area contributed by atoms with Crippen molar-refractivity contribution in [3.05, 3.63) is 71.3 Å². The van der Waals surface area contributed by atoms with E-state index < -0.39 is 12.3 Å². The van der Waals surface area contributed by atoms with Gasteiger partial charge in [-0.15, -0.1) is 0 Å². The molecule has 0 aliphatic carbocycles. The third kappa shape index (κ3) is 4.05. The highest BCUT2D eigenvalue weighted by atomic mass is 16.5. The van der Waals surface area contributed by atoms with E-state index in [1.165, 1.54) is 0 Å². The van der Waals surface area contributed by atoms with E-state index in [1.54, 1.807) is 24.1 Å². The van der Waals surface area contributed by atoms with Crippen molar-refractivity contribution in [2.75, 3.05) is 20.2 Å². The number of fused-ring (bicyclic) bond motifs is 1. The van der Waals surface area contributed by atoms with Gasteiger partial charge in [0.15, 0.2) is 6.23 Å². The third-order valence-electron chi connectivity index (χ3n) is 5.47. The van der Waals surface area contributed by atoms with E-state index in [9.17, 15) is 10.1 Å². The highest BCUT2D eigenvalue weighted by Gasteiger charge is 2.46. The van der Waals surface area contributed by atoms with Gasteiger partial charge in [-0.05, 0) is 49.2 Å². The van der Waals surface area contributed by atoms with Crippen LogP contribution in [0.2, 0.25) is 0 Å². The van der Waals surface area contributed by atoms with Gasteiger partial charge in [-0.25, -0.2) is 0 Å². The van der Waals surface area contributed by atoms with Gasteiger partial charge < -0.3 is 4.74 Å². The van der Waals surface area contributed by atoms with Crippen LogP contribution in [0.15, 0.2) is 54.6 Å². The summed E-state index contributed by atoms with van der Waals surface area (Å²) in [6, 6.07) is 18.6. The smallest absolute Gasteiger partial charge is 0.257 e. The second-order valence-corrected chi connectivity index (χ2v) is 7.35. The van der Waals surface area contributed by atoms with Gasteiger partial charge in [-0.2, -0.15) is 5.26 Å². The average Bonchev–Trinajstić information content (AvgIpc) is 2.77. The molecule has 0 saturated carbocycles. The van der Waals surface area contributed by atoms with E-state index in [4.69, 9.17) is 4.74 Å². The molecule has 0 spiro atoms. The van der Waals surface area contributed by atoms with Gasteiger partial charge in [0.2, 0.25) is 0 Å². The summed E-state index contributed by atoms with van der Waals surface area (Å²) in [6.07, 6.45) is 1.47. The lowest BCUT2D eigenvalue weighted by atomic mass is 9.87. The Balaban J connectivity index is 2.15. The SMILES string of the molecule is CCCN(CCC)[C@@H]1c2ccccc2[C@@H](C#N)N(C(=O)c2ccccc2)[C@H]1OC. The van der Waals surface area contributed by atoms with Crippen LogP contribution in [0.5, 0.6) is 0 Å². The van der Waals surface area contributed by atoms with Crippen LogP contribution in [0.1, 0.15) is 60.3 Å². The lowest BCUT2D eigenvalue weighted by Gasteiger charge is -2.48. The predicted octanol–water partition coefficient (Wildman–Crippen LogP) is 4.54. The zero-order valence-corrected chi connectivity index (χ0v) is 17.4. The molecule has 1 amide bonds. The maximum absolute atomic E-state index is 13.5. The summed E-state index contributed by atoms with van der Waals surface area (Å²) in [4.78, 5) is 17.5. The summed E-state index contributed by atoms with van der Waals surface area (Å²) >= 11 is 0. The number of hydrogen-bond acceptors (Lipinski definition) is 4. The lowest BCUT2D eigenvalue weighted by molar-refractivity contribution is -0.0910. The topological polar surface area (TPSA) is 56.6 Å². The van der Waals surface area contributed by atoms with Gasteiger partial charge in [0.1, 0.15) is 6.04 Å². The van der Waals surface area contributed by atoms with Crippen LogP contribution < -0.4 is 0 Å². The summed E-state index contributed by atoms with van der Waals surface area (Å²) in [5.74, 6) is -0.184. The molecular weight excluding hydrogens is 362 g/mol. The fraction of sp³-hybridized carbons (Fsp3) is 0.417. The molecule has 5 nitrogen and oxygen atoms in total. The van der Waals surface area contributed by atoms with Crippen LogP contribution in [0.4, 0.5) is 0 Å². The van der Waals surface area contributed by atoms with Crippen molar-refractivity contribution in [2.45, 2.75) is 45.0 Å². The number of carbonyl (C=O) groups is 1. The van der Waals surface area contributed by atoms with E-state index in [1.807, 2.05) is 36.4 Å². The van der Waals surface area contributed by atoms with E-state index in [0.29, 0.717) is 5.56 Å². The Bertz CT molecular complexity index is 856. The first kappa shape index (κ1) is 21.0. The van der Waals surface area contributed by atoms with Crippen molar-refractivity contribution < 1.29 is 9.53 Å². The van der Waals surface area contributed by atoms with Gasteiger partial charge in [0.25, 0.3) is 5.91 Å². The van der Waals surface area contributed by atoms with E-state index in [2.05, 4.69) is 30.9 Å². The number of rotatable bonds is 7. The summed E-state index contributed by atoms with van der Waals surface area (Å²) in [7, 11) is 1.63. The molecule has 2 aromatic carbocycles. The Morgan fingerprint density at radius 2 is 1.62 bits per heavy atom. The largest absolute Gasteiger partial charge is 0.359 e. The zero-order valence-electron chi connectivity index (χ0n) is 17.4. The molecule has 1 aliphatic rings. The first-order valence-corrected chi connectivity index (χ1v) is 10.3. The normalized spacial score (nSPS) is 20.9. The van der Waals surface area contributed by atoms with Crippen LogP contribution in [0.25, 0.3) is 0 Å². The first-order chi connectivity index (χ1) is 14.2. The standard InChI is InChI=1S/C24H29N3O2/c1-4-15-26(16-5-2)22-20-14-10-9-13-19(20)21(17-25)27(24(22)29-3)23(28)18-11-7-6-8-12-18/h6-14,21-22,24H,4-5,15-16H2,1-3H3/t21-,22-,24+/m1/s1. The monoisotopic (exact) mass is 391 g/mol. The second kappa shape index (κ2) is 9.69. The molecule has 5 heteroatoms. The summed E-state index contributed by atoms with van der Waals surface area (Å²) in [5, 5.41) is 10.0. The quantitative estimate of drug-likeness (QED) is 0.695. The molecule has 29 heavy (non-hydrogen) atoms. The lowest BCUT2D eigenvalue weighted by Crippen LogP contribution is -2.54. The molecule has 3 rings (SSSR count). The van der Waals surface area contributed by atoms with Crippen LogP contribution in [0.3, 0.4) is 0 Å². The van der Waals surface area contributed by atoms with Crippen molar-refractivity contribution in [3.63, 3.8) is 0 Å². The molecule has 0 saturated heterocycles. The number of ether oxygens (including phenoxy) is 1. The number of nitrogens with zero attached hydrogens (tertiary/aromatic N) is 3. The minimum absolute atomic E-state index is 0.117. The van der Waals surface area contributed by atoms with Crippen molar-refractivity contribution in [1.29, 1.82) is 5.26 Å². The van der Waals surface area contributed by atoms with Gasteiger partial charge in [0.05, 0.1) is 12.1 Å². The summed E-state index contributed by atoms with van der Waals surface area (Å²) in [6.45, 7) is 6.11. The van der Waals surface area contributed by atoms with Crippen LogP contribution in [-0.2, 0) is 4.74 Å². The number of nitriles is 1. The Morgan fingerprint density at radius 1 is 1.03 bits per heavy atom. The van der Waals surface area contributed by atoms with Crippen LogP contribution in [-0.4, -0.2) is 42.1 Å². The van der Waals surface area contributed by atoms with Gasteiger partial charge >= 0.3 is 0 Å². The zero-order chi connectivity index (χ0) is 20.8. The van der Waals surface area contributed by atoms with Gasteiger partial charge in [-0.3, -0.25) is 14.6 Å². The van der Waals surface area contributed by atoms with E-state index in [-0.39, 0.29) is 11.9 Å². The molecule has 0 fully saturated rings. The van der Waals surface area contributed by atoms with E-state index >= 15 is 0 Å². The fourth-order valence-electron chi connectivity index (χ4n) is 4.31. The molecule has 1 aliphatic heterocycles. The number of carbonyl (C=O) groups excluding carboxylic acids is 1. The third-order valence-corrected chi connectivity index (χ3v) is 5.47. The highest BCUT2D eigenvalue weighted by molar-refractivity contribution is 5.95. The first-order valence-electron chi connectivity index (χ1n) is 10.3. The number of amides is 1. The molecule has 0 bridgehead atoms. The second-order valence-electron chi connectivity index (χ2n) is 7.35. The molecule has 0 aromatic heterocycles. The molecule has 0 unspecified atom stereocenters. The molecule has 1 heterocycles. The summed E-state index contributed by atoms with van der Waals surface area (Å²) < 4.78 is 5.93. The summed E-state index contributed by atoms with van der Waals surface area (Å²) in [5.41, 5.74) is 2.52. The maximum Gasteiger partial charge on any atom is 0.257 e. The molecule has 2 aromatic rings.